The maximum absolute atomic E-state index is 5.49. The van der Waals surface area contributed by atoms with Crippen molar-refractivity contribution in [1.82, 2.24) is 10.3 Å². The number of nitrogens with one attached hydrogen (secondary N) is 1. The van der Waals surface area contributed by atoms with Crippen molar-refractivity contribution in [2.45, 2.75) is 26.3 Å². The van der Waals surface area contributed by atoms with Crippen LogP contribution in [-0.4, -0.2) is 55.7 Å². The summed E-state index contributed by atoms with van der Waals surface area (Å²) in [7, 11) is 2.00. The Morgan fingerprint density at radius 2 is 2.29 bits per heavy atom. The summed E-state index contributed by atoms with van der Waals surface area (Å²) in [5.74, 6) is 7.28. The molecule has 0 aliphatic heterocycles. The SMILES string of the molecule is CCOCCCN=C(NN)N(C)C(C)CSC. The molecule has 1 unspecified atom stereocenters. The molecule has 0 amide bonds. The van der Waals surface area contributed by atoms with Crippen LogP contribution in [0.1, 0.15) is 20.3 Å². The van der Waals surface area contributed by atoms with Crippen molar-refractivity contribution in [1.29, 1.82) is 0 Å². The third kappa shape index (κ3) is 7.46. The second-order valence-electron chi connectivity index (χ2n) is 3.82. The van der Waals surface area contributed by atoms with E-state index < -0.39 is 0 Å². The third-order valence-electron chi connectivity index (χ3n) is 2.44. The first-order chi connectivity index (χ1) is 8.17. The van der Waals surface area contributed by atoms with Gasteiger partial charge in [0.25, 0.3) is 0 Å². The number of thioether (sulfide) groups is 1. The topological polar surface area (TPSA) is 62.9 Å². The molecule has 102 valence electrons. The van der Waals surface area contributed by atoms with Crippen molar-refractivity contribution in [3.8, 4) is 0 Å². The summed E-state index contributed by atoms with van der Waals surface area (Å²) in [6, 6.07) is 0.409. The number of ether oxygens (including phenoxy) is 1. The van der Waals surface area contributed by atoms with E-state index in [-0.39, 0.29) is 0 Å². The van der Waals surface area contributed by atoms with Crippen LogP contribution in [0.5, 0.6) is 0 Å². The van der Waals surface area contributed by atoms with Crippen molar-refractivity contribution in [3.05, 3.63) is 0 Å². The summed E-state index contributed by atoms with van der Waals surface area (Å²) in [5, 5.41) is 0. The zero-order valence-electron chi connectivity index (χ0n) is 11.4. The van der Waals surface area contributed by atoms with E-state index in [0.29, 0.717) is 6.04 Å². The third-order valence-corrected chi connectivity index (χ3v) is 3.26. The number of guanidine groups is 1. The molecule has 6 heteroatoms. The first-order valence-corrected chi connectivity index (χ1v) is 7.37. The quantitative estimate of drug-likeness (QED) is 0.224. The summed E-state index contributed by atoms with van der Waals surface area (Å²) >= 11 is 1.82. The van der Waals surface area contributed by atoms with E-state index in [1.54, 1.807) is 0 Å². The maximum atomic E-state index is 5.49. The fraction of sp³-hybridized carbons (Fsp3) is 0.909. The van der Waals surface area contributed by atoms with Crippen molar-refractivity contribution >= 4 is 17.7 Å². The molecule has 17 heavy (non-hydrogen) atoms. The average molecular weight is 262 g/mol. The Hall–Kier alpha value is -0.460. The minimum absolute atomic E-state index is 0.409. The second-order valence-corrected chi connectivity index (χ2v) is 4.73. The molecule has 0 aromatic rings. The molecule has 0 radical (unpaired) electrons. The van der Waals surface area contributed by atoms with Gasteiger partial charge in [0, 0.05) is 38.6 Å². The van der Waals surface area contributed by atoms with E-state index in [1.165, 1.54) is 0 Å². The van der Waals surface area contributed by atoms with Crippen LogP contribution in [0.2, 0.25) is 0 Å². The van der Waals surface area contributed by atoms with Gasteiger partial charge in [0.1, 0.15) is 0 Å². The molecule has 0 fully saturated rings. The molecule has 0 bridgehead atoms. The summed E-state index contributed by atoms with van der Waals surface area (Å²) in [6.07, 6.45) is 3.02. The molecule has 0 aliphatic rings. The van der Waals surface area contributed by atoms with Gasteiger partial charge in [0.2, 0.25) is 5.96 Å². The number of aliphatic imine (C=N–C) groups is 1. The molecule has 5 nitrogen and oxygen atoms in total. The summed E-state index contributed by atoms with van der Waals surface area (Å²) in [4.78, 5) is 6.50. The number of hydrazine groups is 1. The fourth-order valence-corrected chi connectivity index (χ4v) is 2.02. The normalized spacial score (nSPS) is 13.6. The maximum Gasteiger partial charge on any atom is 0.208 e. The Morgan fingerprint density at radius 1 is 1.59 bits per heavy atom. The van der Waals surface area contributed by atoms with E-state index in [4.69, 9.17) is 10.6 Å². The van der Waals surface area contributed by atoms with Gasteiger partial charge in [-0.3, -0.25) is 10.4 Å². The minimum atomic E-state index is 0.409. The van der Waals surface area contributed by atoms with Gasteiger partial charge in [-0.1, -0.05) is 0 Å². The minimum Gasteiger partial charge on any atom is -0.382 e. The van der Waals surface area contributed by atoms with Crippen LogP contribution in [0, 0.1) is 0 Å². The lowest BCUT2D eigenvalue weighted by molar-refractivity contribution is 0.146. The molecule has 0 saturated carbocycles. The highest BCUT2D eigenvalue weighted by Crippen LogP contribution is 2.03. The van der Waals surface area contributed by atoms with Gasteiger partial charge in [0.15, 0.2) is 0 Å². The largest absolute Gasteiger partial charge is 0.382 e. The zero-order valence-corrected chi connectivity index (χ0v) is 12.2. The average Bonchev–Trinajstić information content (AvgIpc) is 2.33. The first kappa shape index (κ1) is 16.5. The van der Waals surface area contributed by atoms with Crippen molar-refractivity contribution in [2.24, 2.45) is 10.8 Å². The van der Waals surface area contributed by atoms with Crippen LogP contribution in [0.4, 0.5) is 0 Å². The van der Waals surface area contributed by atoms with Gasteiger partial charge < -0.3 is 9.64 Å². The Bertz CT molecular complexity index is 214. The number of hydrogen-bond acceptors (Lipinski definition) is 4. The van der Waals surface area contributed by atoms with Crippen LogP contribution in [0.15, 0.2) is 4.99 Å². The number of hydrogen-bond donors (Lipinski definition) is 2. The predicted molar refractivity (Wildman–Crippen MR) is 76.3 cm³/mol. The molecule has 0 aromatic carbocycles. The van der Waals surface area contributed by atoms with Crippen molar-refractivity contribution < 1.29 is 4.74 Å². The van der Waals surface area contributed by atoms with Gasteiger partial charge in [-0.2, -0.15) is 11.8 Å². The van der Waals surface area contributed by atoms with Crippen LogP contribution >= 0.6 is 11.8 Å². The number of nitrogens with two attached hydrogens (primary N) is 1. The monoisotopic (exact) mass is 262 g/mol. The molecule has 1 atom stereocenters. The van der Waals surface area contributed by atoms with E-state index in [1.807, 2.05) is 25.7 Å². The standard InChI is InChI=1S/C11H26N4OS/c1-5-16-8-6-7-13-11(14-12)15(3)10(2)9-17-4/h10H,5-9,12H2,1-4H3,(H,13,14). The smallest absolute Gasteiger partial charge is 0.208 e. The van der Waals surface area contributed by atoms with Gasteiger partial charge >= 0.3 is 0 Å². The molecule has 0 aliphatic carbocycles. The first-order valence-electron chi connectivity index (χ1n) is 5.97. The summed E-state index contributed by atoms with van der Waals surface area (Å²) in [6.45, 7) is 6.39. The fourth-order valence-electron chi connectivity index (χ4n) is 1.32. The van der Waals surface area contributed by atoms with Gasteiger partial charge in [-0.15, -0.1) is 0 Å². The Labute approximate surface area is 109 Å². The molecule has 0 heterocycles. The molecular formula is C11H26N4OS. The Kier molecular flexibility index (Phi) is 10.4. The lowest BCUT2D eigenvalue weighted by Crippen LogP contribution is -2.47. The summed E-state index contributed by atoms with van der Waals surface area (Å²) < 4.78 is 5.26. The van der Waals surface area contributed by atoms with Gasteiger partial charge in [-0.25, -0.2) is 5.84 Å². The molecule has 0 aromatic heterocycles. The number of nitrogens with zero attached hydrogens (tertiary/aromatic N) is 2. The predicted octanol–water partition coefficient (Wildman–Crippen LogP) is 0.916. The molecule has 0 saturated heterocycles. The highest BCUT2D eigenvalue weighted by atomic mass is 32.2. The molecule has 0 spiro atoms. The van der Waals surface area contributed by atoms with E-state index >= 15 is 0 Å². The highest BCUT2D eigenvalue weighted by Gasteiger charge is 2.11. The van der Waals surface area contributed by atoms with Crippen molar-refractivity contribution in [3.63, 3.8) is 0 Å². The van der Waals surface area contributed by atoms with Gasteiger partial charge in [-0.05, 0) is 26.5 Å². The Balaban J connectivity index is 4.05. The zero-order chi connectivity index (χ0) is 13.1. The lowest BCUT2D eigenvalue weighted by atomic mass is 10.3. The molecular weight excluding hydrogens is 236 g/mol. The highest BCUT2D eigenvalue weighted by molar-refractivity contribution is 7.98. The second kappa shape index (κ2) is 10.7. The van der Waals surface area contributed by atoms with Crippen LogP contribution in [0.25, 0.3) is 0 Å². The molecule has 0 rings (SSSR count). The van der Waals surface area contributed by atoms with E-state index in [2.05, 4.69) is 28.5 Å². The van der Waals surface area contributed by atoms with Crippen LogP contribution in [-0.2, 0) is 4.74 Å². The van der Waals surface area contributed by atoms with Crippen molar-refractivity contribution in [2.75, 3.05) is 38.8 Å². The number of rotatable bonds is 8. The van der Waals surface area contributed by atoms with Crippen LogP contribution in [0.3, 0.4) is 0 Å². The molecule has 3 N–H and O–H groups in total. The van der Waals surface area contributed by atoms with E-state index in [0.717, 1.165) is 37.9 Å². The van der Waals surface area contributed by atoms with Crippen LogP contribution < -0.4 is 11.3 Å². The summed E-state index contributed by atoms with van der Waals surface area (Å²) in [5.41, 5.74) is 2.66. The van der Waals surface area contributed by atoms with Gasteiger partial charge in [0.05, 0.1) is 0 Å². The Morgan fingerprint density at radius 3 is 2.82 bits per heavy atom. The van der Waals surface area contributed by atoms with E-state index in [9.17, 15) is 0 Å². The lowest BCUT2D eigenvalue weighted by Gasteiger charge is -2.27.